The van der Waals surface area contributed by atoms with Gasteiger partial charge in [0, 0.05) is 19.0 Å². The first-order valence-electron chi connectivity index (χ1n) is 7.04. The zero-order valence-electron chi connectivity index (χ0n) is 11.2. The van der Waals surface area contributed by atoms with E-state index in [0.29, 0.717) is 25.3 Å². The Balaban J connectivity index is 1.71. The van der Waals surface area contributed by atoms with Gasteiger partial charge in [0.25, 0.3) is 0 Å². The predicted molar refractivity (Wildman–Crippen MR) is 72.1 cm³/mol. The fraction of sp³-hybridized carbons (Fsp3) is 0.692. The molecule has 1 saturated heterocycles. The first-order valence-corrected chi connectivity index (χ1v) is 8.54. The third kappa shape index (κ3) is 2.56. The lowest BCUT2D eigenvalue weighted by molar-refractivity contribution is 0.458. The van der Waals surface area contributed by atoms with Crippen molar-refractivity contribution in [3.63, 3.8) is 0 Å². The van der Waals surface area contributed by atoms with E-state index in [4.69, 9.17) is 0 Å². The topological polar surface area (TPSA) is 63.2 Å². The summed E-state index contributed by atoms with van der Waals surface area (Å²) in [5, 5.41) is -0.213. The first kappa shape index (κ1) is 13.9. The van der Waals surface area contributed by atoms with Gasteiger partial charge in [-0.05, 0) is 19.3 Å². The highest BCUT2D eigenvalue weighted by Crippen LogP contribution is 2.32. The zero-order valence-corrected chi connectivity index (χ0v) is 12.0. The smallest absolute Gasteiger partial charge is 0.217 e. The normalized spacial score (nSPS) is 25.4. The molecule has 1 atom stereocenters. The molecule has 1 saturated carbocycles. The van der Waals surface area contributed by atoms with Crippen LogP contribution in [0.4, 0.5) is 4.39 Å². The summed E-state index contributed by atoms with van der Waals surface area (Å²) >= 11 is 0. The van der Waals surface area contributed by atoms with Gasteiger partial charge >= 0.3 is 0 Å². The molecule has 1 aromatic rings. The average molecular weight is 299 g/mol. The summed E-state index contributed by atoms with van der Waals surface area (Å²) in [5.41, 5.74) is 0. The van der Waals surface area contributed by atoms with Gasteiger partial charge in [-0.25, -0.2) is 27.1 Å². The van der Waals surface area contributed by atoms with Gasteiger partial charge in [-0.3, -0.25) is 0 Å². The summed E-state index contributed by atoms with van der Waals surface area (Å²) in [6.07, 6.45) is 6.53. The first-order chi connectivity index (χ1) is 9.57. The molecule has 0 radical (unpaired) electrons. The van der Waals surface area contributed by atoms with E-state index in [1.54, 1.807) is 4.31 Å². The Kier molecular flexibility index (Phi) is 3.72. The van der Waals surface area contributed by atoms with Crippen LogP contribution < -0.4 is 0 Å². The molecule has 0 N–H and O–H groups in total. The summed E-state index contributed by atoms with van der Waals surface area (Å²) in [5.74, 6) is 0.0458. The largest absolute Gasteiger partial charge is 0.238 e. The molecule has 1 aliphatic carbocycles. The molecule has 0 spiro atoms. The molecule has 2 heterocycles. The number of hydrogen-bond donors (Lipinski definition) is 0. The fourth-order valence-electron chi connectivity index (χ4n) is 3.10. The van der Waals surface area contributed by atoms with Crippen molar-refractivity contribution in [2.45, 2.75) is 43.3 Å². The van der Waals surface area contributed by atoms with Gasteiger partial charge in [-0.1, -0.05) is 12.8 Å². The van der Waals surface area contributed by atoms with Gasteiger partial charge in [0.15, 0.2) is 5.82 Å². The number of hydrogen-bond acceptors (Lipinski definition) is 4. The van der Waals surface area contributed by atoms with Gasteiger partial charge in [0.05, 0.1) is 17.6 Å². The average Bonchev–Trinajstić information content (AvgIpc) is 3.12. The van der Waals surface area contributed by atoms with Crippen LogP contribution in [0.3, 0.4) is 0 Å². The highest BCUT2D eigenvalue weighted by molar-refractivity contribution is 7.89. The van der Waals surface area contributed by atoms with E-state index >= 15 is 0 Å². The molecule has 0 bridgehead atoms. The van der Waals surface area contributed by atoms with Gasteiger partial charge in [-0.15, -0.1) is 0 Å². The van der Waals surface area contributed by atoms with Crippen molar-refractivity contribution in [3.8, 4) is 0 Å². The molecule has 7 heteroatoms. The minimum absolute atomic E-state index is 0.0215. The van der Waals surface area contributed by atoms with E-state index in [1.807, 2.05) is 0 Å². The standard InChI is InChI=1S/C13H18FN3O2S/c14-11-7-15-13(16-8-11)10-5-6-17(9-10)20(18,19)12-3-1-2-4-12/h7-8,10,12H,1-6,9H2. The van der Waals surface area contributed by atoms with Crippen molar-refractivity contribution < 1.29 is 12.8 Å². The van der Waals surface area contributed by atoms with Crippen LogP contribution in [-0.2, 0) is 10.0 Å². The second-order valence-electron chi connectivity index (χ2n) is 5.55. The van der Waals surface area contributed by atoms with E-state index in [-0.39, 0.29) is 11.2 Å². The molecular formula is C13H18FN3O2S. The molecule has 110 valence electrons. The molecular weight excluding hydrogens is 281 g/mol. The number of nitrogens with zero attached hydrogens (tertiary/aromatic N) is 3. The Morgan fingerprint density at radius 3 is 2.45 bits per heavy atom. The molecule has 1 unspecified atom stereocenters. The molecule has 2 fully saturated rings. The third-order valence-electron chi connectivity index (χ3n) is 4.24. The lowest BCUT2D eigenvalue weighted by Gasteiger charge is -2.20. The zero-order chi connectivity index (χ0) is 14.2. The molecule has 5 nitrogen and oxygen atoms in total. The van der Waals surface area contributed by atoms with Crippen LogP contribution in [-0.4, -0.2) is 41.0 Å². The predicted octanol–water partition coefficient (Wildman–Crippen LogP) is 1.68. The number of sulfonamides is 1. The molecule has 1 aromatic heterocycles. The molecule has 0 aromatic carbocycles. The van der Waals surface area contributed by atoms with Crippen molar-refractivity contribution in [2.24, 2.45) is 0 Å². The van der Waals surface area contributed by atoms with Crippen LogP contribution in [0.5, 0.6) is 0 Å². The molecule has 3 rings (SSSR count). The summed E-state index contributed by atoms with van der Waals surface area (Å²) in [4.78, 5) is 7.93. The third-order valence-corrected chi connectivity index (χ3v) is 6.61. The molecule has 2 aliphatic rings. The SMILES string of the molecule is O=S(=O)(C1CCCC1)N1CCC(c2ncc(F)cn2)C1. The van der Waals surface area contributed by atoms with E-state index in [1.165, 1.54) is 0 Å². The highest BCUT2D eigenvalue weighted by Gasteiger charge is 2.39. The van der Waals surface area contributed by atoms with Crippen LogP contribution in [0.15, 0.2) is 12.4 Å². The summed E-state index contributed by atoms with van der Waals surface area (Å²) in [6, 6.07) is 0. The highest BCUT2D eigenvalue weighted by atomic mass is 32.2. The van der Waals surface area contributed by atoms with Crippen molar-refractivity contribution in [2.75, 3.05) is 13.1 Å². The van der Waals surface area contributed by atoms with E-state index in [9.17, 15) is 12.8 Å². The number of halogens is 1. The van der Waals surface area contributed by atoms with E-state index < -0.39 is 15.8 Å². The van der Waals surface area contributed by atoms with Crippen LogP contribution in [0.2, 0.25) is 0 Å². The lowest BCUT2D eigenvalue weighted by atomic mass is 10.1. The Labute approximate surface area is 118 Å². The Bertz CT molecular complexity index is 570. The molecule has 20 heavy (non-hydrogen) atoms. The van der Waals surface area contributed by atoms with Gasteiger partial charge in [0.2, 0.25) is 10.0 Å². The maximum atomic E-state index is 12.8. The quantitative estimate of drug-likeness (QED) is 0.852. The van der Waals surface area contributed by atoms with Crippen molar-refractivity contribution in [1.82, 2.24) is 14.3 Å². The maximum absolute atomic E-state index is 12.8. The van der Waals surface area contributed by atoms with Crippen molar-refractivity contribution in [1.29, 1.82) is 0 Å². The molecule has 0 amide bonds. The van der Waals surface area contributed by atoms with Crippen LogP contribution in [0.1, 0.15) is 43.8 Å². The number of rotatable bonds is 3. The molecule has 1 aliphatic heterocycles. The lowest BCUT2D eigenvalue weighted by Crippen LogP contribution is -2.36. The maximum Gasteiger partial charge on any atom is 0.217 e. The summed E-state index contributed by atoms with van der Waals surface area (Å²) in [6.45, 7) is 0.939. The fourth-order valence-corrected chi connectivity index (χ4v) is 5.20. The monoisotopic (exact) mass is 299 g/mol. The van der Waals surface area contributed by atoms with E-state index in [0.717, 1.165) is 38.1 Å². The van der Waals surface area contributed by atoms with Crippen LogP contribution in [0.25, 0.3) is 0 Å². The Morgan fingerprint density at radius 1 is 1.15 bits per heavy atom. The minimum atomic E-state index is -3.18. The second kappa shape index (κ2) is 5.37. The Morgan fingerprint density at radius 2 is 1.80 bits per heavy atom. The van der Waals surface area contributed by atoms with Gasteiger partial charge in [0.1, 0.15) is 5.82 Å². The number of aromatic nitrogens is 2. The van der Waals surface area contributed by atoms with Crippen LogP contribution >= 0.6 is 0 Å². The Hall–Kier alpha value is -1.08. The van der Waals surface area contributed by atoms with Gasteiger partial charge in [-0.2, -0.15) is 0 Å². The summed E-state index contributed by atoms with van der Waals surface area (Å²) in [7, 11) is -3.18. The summed E-state index contributed by atoms with van der Waals surface area (Å²) < 4.78 is 39.4. The van der Waals surface area contributed by atoms with E-state index in [2.05, 4.69) is 9.97 Å². The second-order valence-corrected chi connectivity index (χ2v) is 7.77. The van der Waals surface area contributed by atoms with Gasteiger partial charge < -0.3 is 0 Å². The van der Waals surface area contributed by atoms with Crippen LogP contribution in [0, 0.1) is 5.82 Å². The van der Waals surface area contributed by atoms with Crippen molar-refractivity contribution >= 4 is 10.0 Å². The van der Waals surface area contributed by atoms with Crippen molar-refractivity contribution in [3.05, 3.63) is 24.0 Å². The minimum Gasteiger partial charge on any atom is -0.238 e.